The number of thiocarbonyl (C=S) groups is 1. The second-order valence-corrected chi connectivity index (χ2v) is 7.33. The van der Waals surface area contributed by atoms with Crippen LogP contribution in [0.5, 0.6) is 0 Å². The molecule has 0 saturated carbocycles. The fraction of sp³-hybridized carbons (Fsp3) is 0.273. The SMILES string of the molecule is CCOC(=O)CN1C(=S)N[C@H](c2ccccn2)[C@H]1c1cccn1Cc1ccccn1. The van der Waals surface area contributed by atoms with Crippen LogP contribution in [0, 0.1) is 0 Å². The number of nitrogens with zero attached hydrogens (tertiary/aromatic N) is 4. The lowest BCUT2D eigenvalue weighted by Gasteiger charge is -2.28. The van der Waals surface area contributed by atoms with Crippen LogP contribution in [0.3, 0.4) is 0 Å². The van der Waals surface area contributed by atoms with Crippen molar-refractivity contribution in [3.8, 4) is 0 Å². The number of ether oxygens (including phenoxy) is 1. The molecular weight excluding hydrogens is 398 g/mol. The van der Waals surface area contributed by atoms with E-state index in [0.29, 0.717) is 18.3 Å². The van der Waals surface area contributed by atoms with E-state index in [1.807, 2.05) is 53.6 Å². The predicted molar refractivity (Wildman–Crippen MR) is 117 cm³/mol. The second kappa shape index (κ2) is 9.04. The number of hydrogen-bond donors (Lipinski definition) is 1. The third kappa shape index (κ3) is 4.18. The fourth-order valence-electron chi connectivity index (χ4n) is 3.75. The molecule has 0 aromatic carbocycles. The Morgan fingerprint density at radius 2 is 1.93 bits per heavy atom. The van der Waals surface area contributed by atoms with Gasteiger partial charge < -0.3 is 19.5 Å². The van der Waals surface area contributed by atoms with E-state index in [2.05, 4.69) is 25.9 Å². The summed E-state index contributed by atoms with van der Waals surface area (Å²) >= 11 is 5.60. The number of pyridine rings is 2. The molecular formula is C22H23N5O2S. The van der Waals surface area contributed by atoms with Gasteiger partial charge in [0.2, 0.25) is 0 Å². The topological polar surface area (TPSA) is 72.3 Å². The average Bonchev–Trinajstić information content (AvgIpc) is 3.34. The van der Waals surface area contributed by atoms with E-state index in [4.69, 9.17) is 17.0 Å². The summed E-state index contributed by atoms with van der Waals surface area (Å²) in [7, 11) is 0. The molecule has 0 aliphatic carbocycles. The van der Waals surface area contributed by atoms with Gasteiger partial charge in [-0.1, -0.05) is 12.1 Å². The van der Waals surface area contributed by atoms with Gasteiger partial charge in [-0.3, -0.25) is 14.8 Å². The van der Waals surface area contributed by atoms with Crippen molar-refractivity contribution in [1.82, 2.24) is 24.8 Å². The number of carbonyl (C=O) groups is 1. The van der Waals surface area contributed by atoms with Gasteiger partial charge in [0, 0.05) is 24.3 Å². The van der Waals surface area contributed by atoms with Crippen LogP contribution in [-0.2, 0) is 16.1 Å². The lowest BCUT2D eigenvalue weighted by atomic mass is 10.0. The van der Waals surface area contributed by atoms with Gasteiger partial charge >= 0.3 is 5.97 Å². The first-order valence-electron chi connectivity index (χ1n) is 9.86. The molecule has 3 aromatic heterocycles. The molecule has 154 valence electrons. The lowest BCUT2D eigenvalue weighted by molar-refractivity contribution is -0.143. The van der Waals surface area contributed by atoms with Crippen LogP contribution in [0.2, 0.25) is 0 Å². The number of hydrogen-bond acceptors (Lipinski definition) is 5. The van der Waals surface area contributed by atoms with Crippen LogP contribution in [0.1, 0.15) is 36.1 Å². The van der Waals surface area contributed by atoms with Gasteiger partial charge in [-0.05, 0) is 55.5 Å². The van der Waals surface area contributed by atoms with Gasteiger partial charge in [-0.25, -0.2) is 0 Å². The van der Waals surface area contributed by atoms with Crippen LogP contribution in [0.25, 0.3) is 0 Å². The Hall–Kier alpha value is -3.26. The second-order valence-electron chi connectivity index (χ2n) is 6.94. The molecule has 7 nitrogen and oxygen atoms in total. The Morgan fingerprint density at radius 3 is 2.63 bits per heavy atom. The Balaban J connectivity index is 1.71. The minimum atomic E-state index is -0.309. The number of nitrogens with one attached hydrogen (secondary N) is 1. The number of esters is 1. The van der Waals surface area contributed by atoms with Crippen LogP contribution in [-0.4, -0.2) is 43.7 Å². The third-order valence-electron chi connectivity index (χ3n) is 5.03. The van der Waals surface area contributed by atoms with Crippen molar-refractivity contribution in [1.29, 1.82) is 0 Å². The molecule has 0 radical (unpaired) electrons. The predicted octanol–water partition coefficient (Wildman–Crippen LogP) is 2.86. The van der Waals surface area contributed by atoms with Crippen molar-refractivity contribution in [3.63, 3.8) is 0 Å². The maximum absolute atomic E-state index is 12.3. The Kier molecular flexibility index (Phi) is 6.04. The minimum absolute atomic E-state index is 0.0719. The van der Waals surface area contributed by atoms with Crippen LogP contribution in [0.15, 0.2) is 67.1 Å². The van der Waals surface area contributed by atoms with E-state index in [-0.39, 0.29) is 24.6 Å². The molecule has 4 heterocycles. The smallest absolute Gasteiger partial charge is 0.325 e. The van der Waals surface area contributed by atoms with Crippen molar-refractivity contribution in [2.24, 2.45) is 0 Å². The molecule has 4 rings (SSSR count). The molecule has 1 aliphatic rings. The molecule has 8 heteroatoms. The van der Waals surface area contributed by atoms with Crippen molar-refractivity contribution in [2.75, 3.05) is 13.2 Å². The van der Waals surface area contributed by atoms with Crippen molar-refractivity contribution in [3.05, 3.63) is 84.2 Å². The number of aromatic nitrogens is 3. The van der Waals surface area contributed by atoms with Crippen molar-refractivity contribution in [2.45, 2.75) is 25.6 Å². The van der Waals surface area contributed by atoms with Gasteiger partial charge in [-0.15, -0.1) is 0 Å². The minimum Gasteiger partial charge on any atom is -0.465 e. The summed E-state index contributed by atoms with van der Waals surface area (Å²) in [5, 5.41) is 3.86. The summed E-state index contributed by atoms with van der Waals surface area (Å²) in [6.07, 6.45) is 5.57. The zero-order valence-corrected chi connectivity index (χ0v) is 17.5. The number of rotatable bonds is 7. The van der Waals surface area contributed by atoms with E-state index >= 15 is 0 Å². The summed E-state index contributed by atoms with van der Waals surface area (Å²) in [6, 6.07) is 15.3. The van der Waals surface area contributed by atoms with Crippen LogP contribution in [0.4, 0.5) is 0 Å². The highest BCUT2D eigenvalue weighted by molar-refractivity contribution is 7.80. The Labute approximate surface area is 180 Å². The molecule has 0 unspecified atom stereocenters. The highest BCUT2D eigenvalue weighted by atomic mass is 32.1. The summed E-state index contributed by atoms with van der Waals surface area (Å²) in [6.45, 7) is 2.82. The zero-order valence-electron chi connectivity index (χ0n) is 16.6. The maximum atomic E-state index is 12.3. The molecule has 1 saturated heterocycles. The highest BCUT2D eigenvalue weighted by Gasteiger charge is 2.42. The molecule has 0 bridgehead atoms. The highest BCUT2D eigenvalue weighted by Crippen LogP contribution is 2.38. The average molecular weight is 422 g/mol. The quantitative estimate of drug-likeness (QED) is 0.465. The van der Waals surface area contributed by atoms with Crippen LogP contribution < -0.4 is 5.32 Å². The molecule has 1 N–H and O–H groups in total. The van der Waals surface area contributed by atoms with Gasteiger partial charge in [0.1, 0.15) is 6.54 Å². The van der Waals surface area contributed by atoms with Gasteiger partial charge in [0.05, 0.1) is 36.6 Å². The Bertz CT molecular complexity index is 1010. The fourth-order valence-corrected chi connectivity index (χ4v) is 4.05. The lowest BCUT2D eigenvalue weighted by Crippen LogP contribution is -2.36. The zero-order chi connectivity index (χ0) is 20.9. The monoisotopic (exact) mass is 421 g/mol. The largest absolute Gasteiger partial charge is 0.465 e. The van der Waals surface area contributed by atoms with E-state index in [1.165, 1.54) is 0 Å². The summed E-state index contributed by atoms with van der Waals surface area (Å²) in [4.78, 5) is 23.2. The van der Waals surface area contributed by atoms with Gasteiger partial charge in [0.25, 0.3) is 0 Å². The first kappa shape index (κ1) is 20.0. The molecule has 1 aliphatic heterocycles. The van der Waals surface area contributed by atoms with Crippen LogP contribution >= 0.6 is 12.2 Å². The molecule has 30 heavy (non-hydrogen) atoms. The first-order valence-corrected chi connectivity index (χ1v) is 10.3. The first-order chi connectivity index (χ1) is 14.7. The van der Waals surface area contributed by atoms with Gasteiger partial charge in [-0.2, -0.15) is 0 Å². The summed E-state index contributed by atoms with van der Waals surface area (Å²) < 4.78 is 7.32. The summed E-state index contributed by atoms with van der Waals surface area (Å²) in [5.41, 5.74) is 2.84. The van der Waals surface area contributed by atoms with Gasteiger partial charge in [0.15, 0.2) is 5.11 Å². The molecule has 1 fully saturated rings. The normalized spacial score (nSPS) is 18.3. The van der Waals surface area contributed by atoms with E-state index < -0.39 is 0 Å². The van der Waals surface area contributed by atoms with Crippen molar-refractivity contribution >= 4 is 23.3 Å². The van der Waals surface area contributed by atoms with E-state index in [9.17, 15) is 4.79 Å². The molecule has 3 aromatic rings. The van der Waals surface area contributed by atoms with Crippen molar-refractivity contribution < 1.29 is 9.53 Å². The summed E-state index contributed by atoms with van der Waals surface area (Å²) in [5.74, 6) is -0.309. The van der Waals surface area contributed by atoms with E-state index in [0.717, 1.165) is 17.1 Å². The molecule has 0 spiro atoms. The standard InChI is InChI=1S/C22H23N5O2S/c1-2-29-19(28)15-27-21(20(25-22(27)30)17-9-4-6-12-24-17)18-10-7-13-26(18)14-16-8-3-5-11-23-16/h3-13,20-21H,2,14-15H2,1H3,(H,25,30)/t20-,21-/m1/s1. The third-order valence-corrected chi connectivity index (χ3v) is 5.38. The molecule has 0 amide bonds. The molecule has 2 atom stereocenters. The maximum Gasteiger partial charge on any atom is 0.325 e. The van der Waals surface area contributed by atoms with E-state index in [1.54, 1.807) is 19.3 Å². The Morgan fingerprint density at radius 1 is 1.13 bits per heavy atom. The number of carbonyl (C=O) groups excluding carboxylic acids is 1.